The van der Waals surface area contributed by atoms with E-state index in [0.717, 1.165) is 11.4 Å². The summed E-state index contributed by atoms with van der Waals surface area (Å²) >= 11 is 30.2. The second-order valence-corrected chi connectivity index (χ2v) is 7.93. The lowest BCUT2D eigenvalue weighted by molar-refractivity contribution is 0.0918. The Balaban J connectivity index is 1.65. The number of halogens is 5. The highest BCUT2D eigenvalue weighted by Gasteiger charge is 2.21. The summed E-state index contributed by atoms with van der Waals surface area (Å²) in [5, 5.41) is 7.16. The highest BCUT2D eigenvalue weighted by molar-refractivity contribution is 6.55. The molecule has 1 aromatic carbocycles. The SMILES string of the molecule is Cc1cc(CNC(=O)c2ccc(COc3c(Cl)c(Cl)c(Cl)c(Cl)c3Cl)o2)n(C)n1. The van der Waals surface area contributed by atoms with Crippen LogP contribution in [0.4, 0.5) is 0 Å². The molecule has 0 aliphatic carbocycles. The average molecular weight is 498 g/mol. The van der Waals surface area contributed by atoms with Crippen LogP contribution in [0.25, 0.3) is 0 Å². The summed E-state index contributed by atoms with van der Waals surface area (Å²) in [6.07, 6.45) is 0. The van der Waals surface area contributed by atoms with Gasteiger partial charge in [0, 0.05) is 7.05 Å². The molecular weight excluding hydrogens is 483 g/mol. The van der Waals surface area contributed by atoms with E-state index >= 15 is 0 Å². The Bertz CT molecular complexity index is 1050. The third-order valence-corrected chi connectivity index (χ3v) is 6.18. The van der Waals surface area contributed by atoms with Crippen LogP contribution in [0.3, 0.4) is 0 Å². The number of nitrogens with one attached hydrogen (secondary N) is 1. The lowest BCUT2D eigenvalue weighted by Gasteiger charge is -2.12. The molecular formula is C18H14Cl5N3O3. The number of carbonyl (C=O) groups excluding carboxylic acids is 1. The van der Waals surface area contributed by atoms with E-state index in [-0.39, 0.29) is 49.1 Å². The first-order chi connectivity index (χ1) is 13.7. The van der Waals surface area contributed by atoms with Crippen molar-refractivity contribution in [3.05, 3.63) is 66.2 Å². The molecule has 0 atom stereocenters. The molecule has 11 heteroatoms. The third-order valence-electron chi connectivity index (χ3n) is 3.94. The van der Waals surface area contributed by atoms with Gasteiger partial charge in [-0.05, 0) is 25.1 Å². The van der Waals surface area contributed by atoms with Crippen molar-refractivity contribution in [1.29, 1.82) is 0 Å². The number of amides is 1. The maximum absolute atomic E-state index is 12.3. The molecule has 0 aliphatic rings. The number of rotatable bonds is 6. The molecule has 154 valence electrons. The van der Waals surface area contributed by atoms with Crippen molar-refractivity contribution in [2.24, 2.45) is 7.05 Å². The van der Waals surface area contributed by atoms with E-state index in [0.29, 0.717) is 12.3 Å². The van der Waals surface area contributed by atoms with E-state index in [4.69, 9.17) is 67.2 Å². The van der Waals surface area contributed by atoms with Gasteiger partial charge >= 0.3 is 0 Å². The number of benzene rings is 1. The summed E-state index contributed by atoms with van der Waals surface area (Å²) in [7, 11) is 1.81. The minimum absolute atomic E-state index is 0.0297. The van der Waals surface area contributed by atoms with Crippen molar-refractivity contribution in [1.82, 2.24) is 15.1 Å². The van der Waals surface area contributed by atoms with Crippen molar-refractivity contribution < 1.29 is 13.9 Å². The standard InChI is InChI=1S/C18H14Cl5N3O3/c1-8-5-9(26(2)25-8)6-24-18(27)11-4-3-10(29-11)7-28-17-15(22)13(20)12(19)14(21)16(17)23/h3-5H,6-7H2,1-2H3,(H,24,27). The van der Waals surface area contributed by atoms with Crippen molar-refractivity contribution in [3.8, 4) is 5.75 Å². The van der Waals surface area contributed by atoms with E-state index < -0.39 is 0 Å². The fourth-order valence-electron chi connectivity index (χ4n) is 2.52. The molecule has 3 rings (SSSR count). The maximum atomic E-state index is 12.3. The van der Waals surface area contributed by atoms with Gasteiger partial charge in [-0.25, -0.2) is 0 Å². The first kappa shape index (κ1) is 22.1. The van der Waals surface area contributed by atoms with Gasteiger partial charge in [0.15, 0.2) is 11.5 Å². The van der Waals surface area contributed by atoms with E-state index in [9.17, 15) is 4.79 Å². The summed E-state index contributed by atoms with van der Waals surface area (Å²) in [6, 6.07) is 5.02. The van der Waals surface area contributed by atoms with Gasteiger partial charge in [-0.1, -0.05) is 58.0 Å². The van der Waals surface area contributed by atoms with E-state index in [1.165, 1.54) is 6.07 Å². The van der Waals surface area contributed by atoms with Crippen molar-refractivity contribution in [2.45, 2.75) is 20.1 Å². The number of ether oxygens (including phenoxy) is 1. The van der Waals surface area contributed by atoms with Gasteiger partial charge in [0.25, 0.3) is 5.91 Å². The van der Waals surface area contributed by atoms with Crippen LogP contribution in [0, 0.1) is 6.92 Å². The van der Waals surface area contributed by atoms with Crippen LogP contribution in [-0.4, -0.2) is 15.7 Å². The van der Waals surface area contributed by atoms with Gasteiger partial charge in [-0.3, -0.25) is 9.48 Å². The molecule has 6 nitrogen and oxygen atoms in total. The number of carbonyl (C=O) groups is 1. The molecule has 0 fully saturated rings. The van der Waals surface area contributed by atoms with Gasteiger partial charge in [-0.15, -0.1) is 0 Å². The van der Waals surface area contributed by atoms with Gasteiger partial charge in [0.05, 0.1) is 33.0 Å². The molecule has 0 bridgehead atoms. The Morgan fingerprint density at radius 3 is 2.31 bits per heavy atom. The first-order valence-corrected chi connectivity index (χ1v) is 10.1. The Hall–Kier alpha value is -1.57. The number of hydrogen-bond donors (Lipinski definition) is 1. The van der Waals surface area contributed by atoms with Crippen LogP contribution >= 0.6 is 58.0 Å². The summed E-state index contributed by atoms with van der Waals surface area (Å²) < 4.78 is 12.8. The zero-order valence-corrected chi connectivity index (χ0v) is 18.9. The highest BCUT2D eigenvalue weighted by atomic mass is 35.5. The van der Waals surface area contributed by atoms with Gasteiger partial charge in [-0.2, -0.15) is 5.10 Å². The predicted molar refractivity (Wildman–Crippen MR) is 114 cm³/mol. The summed E-state index contributed by atoms with van der Waals surface area (Å²) in [6.45, 7) is 2.14. The Morgan fingerprint density at radius 2 is 1.72 bits per heavy atom. The van der Waals surface area contributed by atoms with Gasteiger partial charge in [0.1, 0.15) is 22.4 Å². The van der Waals surface area contributed by atoms with E-state index in [2.05, 4.69) is 10.4 Å². The van der Waals surface area contributed by atoms with Gasteiger partial charge in [0.2, 0.25) is 0 Å². The lowest BCUT2D eigenvalue weighted by atomic mass is 10.3. The van der Waals surface area contributed by atoms with Crippen LogP contribution in [0.2, 0.25) is 25.1 Å². The highest BCUT2D eigenvalue weighted by Crippen LogP contribution is 2.48. The zero-order chi connectivity index (χ0) is 21.3. The number of aromatic nitrogens is 2. The predicted octanol–water partition coefficient (Wildman–Crippen LogP) is 6.10. The largest absolute Gasteiger partial charge is 0.482 e. The first-order valence-electron chi connectivity index (χ1n) is 8.19. The Morgan fingerprint density at radius 1 is 1.10 bits per heavy atom. The summed E-state index contributed by atoms with van der Waals surface area (Å²) in [5.41, 5.74) is 1.74. The minimum Gasteiger partial charge on any atom is -0.482 e. The van der Waals surface area contributed by atoms with Gasteiger partial charge < -0.3 is 14.5 Å². The third kappa shape index (κ3) is 4.78. The molecule has 1 amide bonds. The van der Waals surface area contributed by atoms with E-state index in [1.54, 1.807) is 10.7 Å². The van der Waals surface area contributed by atoms with Crippen molar-refractivity contribution in [3.63, 3.8) is 0 Å². The fourth-order valence-corrected chi connectivity index (χ4v) is 3.75. The molecule has 0 radical (unpaired) electrons. The molecule has 0 aliphatic heterocycles. The number of furan rings is 1. The quantitative estimate of drug-likeness (QED) is 0.330. The molecule has 0 saturated carbocycles. The lowest BCUT2D eigenvalue weighted by Crippen LogP contribution is -2.23. The molecule has 0 unspecified atom stereocenters. The summed E-state index contributed by atoms with van der Waals surface area (Å²) in [4.78, 5) is 12.3. The molecule has 29 heavy (non-hydrogen) atoms. The molecule has 2 heterocycles. The second kappa shape index (κ2) is 9.06. The number of nitrogens with zero attached hydrogens (tertiary/aromatic N) is 2. The monoisotopic (exact) mass is 495 g/mol. The topological polar surface area (TPSA) is 69.3 Å². The minimum atomic E-state index is -0.372. The molecule has 2 aromatic heterocycles. The fraction of sp³-hybridized carbons (Fsp3) is 0.222. The second-order valence-electron chi connectivity index (χ2n) is 6.04. The zero-order valence-electron chi connectivity index (χ0n) is 15.2. The van der Waals surface area contributed by atoms with Crippen LogP contribution in [0.1, 0.15) is 27.7 Å². The van der Waals surface area contributed by atoms with Crippen LogP contribution in [0.5, 0.6) is 5.75 Å². The van der Waals surface area contributed by atoms with Crippen molar-refractivity contribution >= 4 is 63.9 Å². The summed E-state index contributed by atoms with van der Waals surface area (Å²) in [5.74, 6) is 0.207. The van der Waals surface area contributed by atoms with Crippen molar-refractivity contribution in [2.75, 3.05) is 0 Å². The Kier molecular flexibility index (Phi) is 6.91. The molecule has 0 saturated heterocycles. The molecule has 3 aromatic rings. The normalized spacial score (nSPS) is 11.0. The number of hydrogen-bond acceptors (Lipinski definition) is 4. The molecule has 1 N–H and O–H groups in total. The molecule has 0 spiro atoms. The van der Waals surface area contributed by atoms with Crippen LogP contribution in [-0.2, 0) is 20.2 Å². The number of aryl methyl sites for hydroxylation is 2. The smallest absolute Gasteiger partial charge is 0.287 e. The van der Waals surface area contributed by atoms with Crippen LogP contribution < -0.4 is 10.1 Å². The Labute approximate surface area is 191 Å². The average Bonchev–Trinajstić information content (AvgIpc) is 3.29. The van der Waals surface area contributed by atoms with E-state index in [1.807, 2.05) is 20.0 Å². The maximum Gasteiger partial charge on any atom is 0.287 e. The van der Waals surface area contributed by atoms with Crippen LogP contribution in [0.15, 0.2) is 22.6 Å².